The van der Waals surface area contributed by atoms with Gasteiger partial charge < -0.3 is 16.4 Å². The largest absolute Gasteiger partial charge is 0.368 e. The second kappa shape index (κ2) is 6.19. The van der Waals surface area contributed by atoms with E-state index in [0.29, 0.717) is 17.8 Å². The van der Waals surface area contributed by atoms with E-state index in [-0.39, 0.29) is 17.6 Å². The molecule has 1 aromatic heterocycles. The van der Waals surface area contributed by atoms with Crippen LogP contribution in [0.2, 0.25) is 0 Å². The molecule has 0 bridgehead atoms. The molecule has 1 rings (SSSR count). The number of hydrogen-bond acceptors (Lipinski definition) is 6. The number of nitrogens with zero attached hydrogens (tertiary/aromatic N) is 2. The fraction of sp³-hybridized carbons (Fsp3) is 0.500. The van der Waals surface area contributed by atoms with Gasteiger partial charge in [-0.25, -0.2) is 13.4 Å². The average Bonchev–Trinajstić information content (AvgIpc) is 2.35. The Morgan fingerprint density at radius 2 is 2.05 bits per heavy atom. The summed E-state index contributed by atoms with van der Waals surface area (Å²) in [6.07, 6.45) is 1.74. The first kappa shape index (κ1) is 16.4. The first-order valence-electron chi connectivity index (χ1n) is 6.12. The van der Waals surface area contributed by atoms with Gasteiger partial charge in [0.2, 0.25) is 5.91 Å². The van der Waals surface area contributed by atoms with Crippen LogP contribution < -0.4 is 16.4 Å². The maximum absolute atomic E-state index is 11.7. The molecule has 1 heterocycles. The molecule has 0 aliphatic rings. The molecule has 0 aliphatic carbocycles. The number of hydrogen-bond donors (Lipinski definition) is 2. The lowest BCUT2D eigenvalue weighted by Gasteiger charge is -2.19. The van der Waals surface area contributed by atoms with Crippen molar-refractivity contribution < 1.29 is 13.2 Å². The lowest BCUT2D eigenvalue weighted by molar-refractivity contribution is -0.116. The van der Waals surface area contributed by atoms with Crippen LogP contribution in [0.25, 0.3) is 0 Å². The number of pyridine rings is 1. The standard InChI is InChI=1S/C12H20N4O3S/c1-4-9(13)8-5-11(16(2)7-10(14)17)15-12(6-8)20(3,18)19/h5-6,9H,4,7,13H2,1-3H3,(H2,14,17)/t9-/m0/s1. The monoisotopic (exact) mass is 300 g/mol. The Kier molecular flexibility index (Phi) is 5.07. The Balaban J connectivity index is 3.33. The minimum absolute atomic E-state index is 0.0545. The number of anilines is 1. The molecule has 0 unspecified atom stereocenters. The molecule has 7 nitrogen and oxygen atoms in total. The zero-order valence-electron chi connectivity index (χ0n) is 11.8. The van der Waals surface area contributed by atoms with Gasteiger partial charge in [0.1, 0.15) is 5.82 Å². The van der Waals surface area contributed by atoms with Crippen molar-refractivity contribution >= 4 is 21.6 Å². The van der Waals surface area contributed by atoms with E-state index in [1.807, 2.05) is 6.92 Å². The maximum atomic E-state index is 11.7. The summed E-state index contributed by atoms with van der Waals surface area (Å²) in [5, 5.41) is -0.0646. The van der Waals surface area contributed by atoms with Crippen molar-refractivity contribution in [1.82, 2.24) is 4.98 Å². The molecular formula is C12H20N4O3S. The number of likely N-dealkylation sites (N-methyl/N-ethyl adjacent to an activating group) is 1. The molecule has 20 heavy (non-hydrogen) atoms. The highest BCUT2D eigenvalue weighted by molar-refractivity contribution is 7.90. The summed E-state index contributed by atoms with van der Waals surface area (Å²) in [5.74, 6) is -0.175. The van der Waals surface area contributed by atoms with Gasteiger partial charge in [-0.3, -0.25) is 4.79 Å². The average molecular weight is 300 g/mol. The normalized spacial score (nSPS) is 13.0. The highest BCUT2D eigenvalue weighted by Crippen LogP contribution is 2.22. The Hall–Kier alpha value is -1.67. The number of rotatable bonds is 6. The molecule has 1 atom stereocenters. The predicted octanol–water partition coefficient (Wildman–Crippen LogP) is -0.184. The Morgan fingerprint density at radius 3 is 2.50 bits per heavy atom. The van der Waals surface area contributed by atoms with Gasteiger partial charge in [-0.15, -0.1) is 0 Å². The van der Waals surface area contributed by atoms with Crippen LogP contribution in [0.5, 0.6) is 0 Å². The van der Waals surface area contributed by atoms with Crippen LogP contribution in [0.4, 0.5) is 5.82 Å². The van der Waals surface area contributed by atoms with Gasteiger partial charge in [0.25, 0.3) is 0 Å². The van der Waals surface area contributed by atoms with Gasteiger partial charge in [0, 0.05) is 19.3 Å². The molecule has 112 valence electrons. The van der Waals surface area contributed by atoms with Crippen molar-refractivity contribution in [3.63, 3.8) is 0 Å². The smallest absolute Gasteiger partial charge is 0.236 e. The highest BCUT2D eigenvalue weighted by Gasteiger charge is 2.17. The molecule has 0 fully saturated rings. The van der Waals surface area contributed by atoms with Gasteiger partial charge in [-0.05, 0) is 24.1 Å². The van der Waals surface area contributed by atoms with E-state index in [9.17, 15) is 13.2 Å². The zero-order valence-corrected chi connectivity index (χ0v) is 12.6. The number of carbonyl (C=O) groups excluding carboxylic acids is 1. The third-order valence-electron chi connectivity index (χ3n) is 2.84. The van der Waals surface area contributed by atoms with Crippen LogP contribution in [-0.4, -0.2) is 39.2 Å². The molecule has 1 amide bonds. The summed E-state index contributed by atoms with van der Waals surface area (Å²) in [7, 11) is -1.85. The van der Waals surface area contributed by atoms with E-state index in [4.69, 9.17) is 11.5 Å². The topological polar surface area (TPSA) is 119 Å². The van der Waals surface area contributed by atoms with Crippen LogP contribution in [0.3, 0.4) is 0 Å². The van der Waals surface area contributed by atoms with Gasteiger partial charge >= 0.3 is 0 Å². The van der Waals surface area contributed by atoms with Crippen LogP contribution in [-0.2, 0) is 14.6 Å². The SMILES string of the molecule is CC[C@H](N)c1cc(N(C)CC(N)=O)nc(S(C)(=O)=O)c1. The van der Waals surface area contributed by atoms with Crippen molar-refractivity contribution in [3.05, 3.63) is 17.7 Å². The Morgan fingerprint density at radius 1 is 1.45 bits per heavy atom. The summed E-state index contributed by atoms with van der Waals surface area (Å²) in [6, 6.07) is 2.84. The third kappa shape index (κ3) is 4.17. The zero-order chi connectivity index (χ0) is 15.5. The second-order valence-electron chi connectivity index (χ2n) is 4.71. The summed E-state index contributed by atoms with van der Waals surface area (Å²) in [6.45, 7) is 1.85. The van der Waals surface area contributed by atoms with Crippen molar-refractivity contribution in [1.29, 1.82) is 0 Å². The Bertz CT molecular complexity index is 601. The molecule has 4 N–H and O–H groups in total. The molecule has 0 saturated heterocycles. The summed E-state index contributed by atoms with van der Waals surface area (Å²) in [5.41, 5.74) is 11.7. The number of primary amides is 1. The molecular weight excluding hydrogens is 280 g/mol. The number of nitrogens with two attached hydrogens (primary N) is 2. The Labute approximate surface area is 118 Å². The summed E-state index contributed by atoms with van der Waals surface area (Å²) in [4.78, 5) is 16.5. The highest BCUT2D eigenvalue weighted by atomic mass is 32.2. The first-order valence-corrected chi connectivity index (χ1v) is 8.01. The van der Waals surface area contributed by atoms with Crippen LogP contribution in [0.1, 0.15) is 24.9 Å². The number of aromatic nitrogens is 1. The fourth-order valence-corrected chi connectivity index (χ4v) is 2.27. The van der Waals surface area contributed by atoms with E-state index in [2.05, 4.69) is 4.98 Å². The minimum atomic E-state index is -3.46. The van der Waals surface area contributed by atoms with Gasteiger partial charge in [-0.1, -0.05) is 6.92 Å². The van der Waals surface area contributed by atoms with E-state index in [1.165, 1.54) is 11.0 Å². The van der Waals surface area contributed by atoms with Gasteiger partial charge in [0.15, 0.2) is 14.9 Å². The van der Waals surface area contributed by atoms with Crippen molar-refractivity contribution in [2.45, 2.75) is 24.4 Å². The third-order valence-corrected chi connectivity index (χ3v) is 3.81. The van der Waals surface area contributed by atoms with E-state index >= 15 is 0 Å². The lowest BCUT2D eigenvalue weighted by Crippen LogP contribution is -2.31. The van der Waals surface area contributed by atoms with Crippen molar-refractivity contribution in [3.8, 4) is 0 Å². The summed E-state index contributed by atoms with van der Waals surface area (Å²) >= 11 is 0. The van der Waals surface area contributed by atoms with E-state index in [1.54, 1.807) is 13.1 Å². The number of carbonyl (C=O) groups is 1. The van der Waals surface area contributed by atoms with Crippen LogP contribution in [0.15, 0.2) is 17.2 Å². The molecule has 1 aromatic rings. The fourth-order valence-electron chi connectivity index (χ4n) is 1.66. The first-order chi connectivity index (χ1) is 9.15. The van der Waals surface area contributed by atoms with Crippen molar-refractivity contribution in [2.24, 2.45) is 11.5 Å². The van der Waals surface area contributed by atoms with Gasteiger partial charge in [0.05, 0.1) is 6.54 Å². The van der Waals surface area contributed by atoms with E-state index in [0.717, 1.165) is 6.26 Å². The predicted molar refractivity (Wildman–Crippen MR) is 77.0 cm³/mol. The minimum Gasteiger partial charge on any atom is -0.368 e. The number of sulfone groups is 1. The van der Waals surface area contributed by atoms with Gasteiger partial charge in [-0.2, -0.15) is 0 Å². The van der Waals surface area contributed by atoms with Crippen LogP contribution >= 0.6 is 0 Å². The molecule has 0 saturated carbocycles. The summed E-state index contributed by atoms with van der Waals surface area (Å²) < 4.78 is 23.4. The molecule has 8 heteroatoms. The maximum Gasteiger partial charge on any atom is 0.236 e. The lowest BCUT2D eigenvalue weighted by atomic mass is 10.1. The quantitative estimate of drug-likeness (QED) is 0.752. The van der Waals surface area contributed by atoms with E-state index < -0.39 is 15.7 Å². The van der Waals surface area contributed by atoms with Crippen LogP contribution in [0, 0.1) is 0 Å². The second-order valence-corrected chi connectivity index (χ2v) is 6.67. The van der Waals surface area contributed by atoms with Crippen molar-refractivity contribution in [2.75, 3.05) is 24.7 Å². The molecule has 0 radical (unpaired) electrons. The molecule has 0 aliphatic heterocycles. The molecule has 0 aromatic carbocycles. The molecule has 0 spiro atoms. The number of amides is 1.